The molecule has 0 bridgehead atoms. The molecule has 0 radical (unpaired) electrons. The zero-order chi connectivity index (χ0) is 12.1. The minimum Gasteiger partial charge on any atom is -0.492 e. The Morgan fingerprint density at radius 1 is 1.47 bits per heavy atom. The normalized spacial score (nSPS) is 18.1. The summed E-state index contributed by atoms with van der Waals surface area (Å²) < 4.78 is 5.90. The third kappa shape index (κ3) is 2.96. The Labute approximate surface area is 108 Å². The summed E-state index contributed by atoms with van der Waals surface area (Å²) in [6.07, 6.45) is 2.33. The lowest BCUT2D eigenvalue weighted by Crippen LogP contribution is -2.12. The van der Waals surface area contributed by atoms with E-state index in [0.717, 1.165) is 30.3 Å². The highest BCUT2D eigenvalue weighted by Crippen LogP contribution is 2.36. The SMILES string of the molecule is CCSCCOc1cccc2c1CCC2NC. The van der Waals surface area contributed by atoms with E-state index in [1.165, 1.54) is 17.5 Å². The van der Waals surface area contributed by atoms with Crippen molar-refractivity contribution >= 4 is 11.8 Å². The van der Waals surface area contributed by atoms with E-state index in [4.69, 9.17) is 4.74 Å². The van der Waals surface area contributed by atoms with Gasteiger partial charge in [0.25, 0.3) is 0 Å². The maximum Gasteiger partial charge on any atom is 0.122 e. The number of fused-ring (bicyclic) bond motifs is 1. The Morgan fingerprint density at radius 2 is 2.35 bits per heavy atom. The van der Waals surface area contributed by atoms with Gasteiger partial charge in [0.2, 0.25) is 0 Å². The second kappa shape index (κ2) is 6.31. The van der Waals surface area contributed by atoms with Gasteiger partial charge in [-0.1, -0.05) is 19.1 Å². The van der Waals surface area contributed by atoms with E-state index in [9.17, 15) is 0 Å². The van der Waals surface area contributed by atoms with E-state index in [2.05, 4.69) is 30.4 Å². The molecule has 1 N–H and O–H groups in total. The maximum absolute atomic E-state index is 5.90. The van der Waals surface area contributed by atoms with E-state index in [0.29, 0.717) is 6.04 Å². The van der Waals surface area contributed by atoms with Gasteiger partial charge in [0, 0.05) is 11.8 Å². The first-order valence-electron chi connectivity index (χ1n) is 6.36. The van der Waals surface area contributed by atoms with E-state index >= 15 is 0 Å². The molecule has 1 aliphatic carbocycles. The number of thioether (sulfide) groups is 1. The van der Waals surface area contributed by atoms with Crippen LogP contribution in [0.4, 0.5) is 0 Å². The topological polar surface area (TPSA) is 21.3 Å². The number of nitrogens with one attached hydrogen (secondary N) is 1. The quantitative estimate of drug-likeness (QED) is 0.785. The van der Waals surface area contributed by atoms with Gasteiger partial charge in [0.15, 0.2) is 0 Å². The molecule has 2 nitrogen and oxygen atoms in total. The van der Waals surface area contributed by atoms with Gasteiger partial charge in [-0.25, -0.2) is 0 Å². The molecule has 0 fully saturated rings. The molecule has 94 valence electrons. The molecular weight excluding hydrogens is 230 g/mol. The summed E-state index contributed by atoms with van der Waals surface area (Å²) in [5, 5.41) is 3.36. The minimum atomic E-state index is 0.513. The number of hydrogen-bond acceptors (Lipinski definition) is 3. The lowest BCUT2D eigenvalue weighted by Gasteiger charge is -2.12. The Morgan fingerprint density at radius 3 is 3.12 bits per heavy atom. The monoisotopic (exact) mass is 251 g/mol. The Bertz CT molecular complexity index is 367. The fraction of sp³-hybridized carbons (Fsp3) is 0.571. The molecule has 1 unspecified atom stereocenters. The van der Waals surface area contributed by atoms with E-state index in [1.807, 2.05) is 18.8 Å². The van der Waals surface area contributed by atoms with Crippen molar-refractivity contribution in [3.63, 3.8) is 0 Å². The van der Waals surface area contributed by atoms with Crippen LogP contribution in [-0.2, 0) is 6.42 Å². The average Bonchev–Trinajstić information content (AvgIpc) is 2.78. The van der Waals surface area contributed by atoms with Crippen LogP contribution in [0.2, 0.25) is 0 Å². The van der Waals surface area contributed by atoms with Crippen LogP contribution < -0.4 is 10.1 Å². The van der Waals surface area contributed by atoms with Crippen molar-refractivity contribution in [2.75, 3.05) is 25.2 Å². The first-order valence-corrected chi connectivity index (χ1v) is 7.52. The first kappa shape index (κ1) is 12.8. The summed E-state index contributed by atoms with van der Waals surface area (Å²) in [4.78, 5) is 0. The second-order valence-corrected chi connectivity index (χ2v) is 5.64. The molecule has 1 atom stereocenters. The molecule has 0 aromatic heterocycles. The summed E-state index contributed by atoms with van der Waals surface area (Å²) in [7, 11) is 2.03. The molecule has 0 spiro atoms. The van der Waals surface area contributed by atoms with Gasteiger partial charge < -0.3 is 10.1 Å². The van der Waals surface area contributed by atoms with Gasteiger partial charge in [-0.05, 0) is 42.8 Å². The summed E-state index contributed by atoms with van der Waals surface area (Å²) in [6.45, 7) is 3.00. The largest absolute Gasteiger partial charge is 0.492 e. The van der Waals surface area contributed by atoms with Crippen molar-refractivity contribution in [1.82, 2.24) is 5.32 Å². The number of rotatable bonds is 6. The van der Waals surface area contributed by atoms with Crippen molar-refractivity contribution in [3.8, 4) is 5.75 Å². The molecule has 0 aliphatic heterocycles. The van der Waals surface area contributed by atoms with Gasteiger partial charge in [0.05, 0.1) is 6.61 Å². The second-order valence-electron chi connectivity index (χ2n) is 4.25. The number of ether oxygens (including phenoxy) is 1. The van der Waals surface area contributed by atoms with Gasteiger partial charge in [-0.2, -0.15) is 11.8 Å². The lowest BCUT2D eigenvalue weighted by molar-refractivity contribution is 0.340. The van der Waals surface area contributed by atoms with Crippen LogP contribution in [0.25, 0.3) is 0 Å². The molecule has 1 aromatic carbocycles. The fourth-order valence-electron chi connectivity index (χ4n) is 2.41. The fourth-order valence-corrected chi connectivity index (χ4v) is 2.90. The summed E-state index contributed by atoms with van der Waals surface area (Å²) >= 11 is 1.93. The Balaban J connectivity index is 2.01. The van der Waals surface area contributed by atoms with Crippen LogP contribution in [0, 0.1) is 0 Å². The predicted octanol–water partition coefficient (Wildman–Crippen LogP) is 3.03. The molecule has 3 heteroatoms. The van der Waals surface area contributed by atoms with Crippen molar-refractivity contribution in [1.29, 1.82) is 0 Å². The first-order chi connectivity index (χ1) is 8.36. The van der Waals surface area contributed by atoms with E-state index in [1.54, 1.807) is 0 Å². The standard InChI is InChI=1S/C14H21NOS/c1-3-17-10-9-16-14-6-4-5-11-12(14)7-8-13(11)15-2/h4-6,13,15H,3,7-10H2,1-2H3. The maximum atomic E-state index is 5.90. The third-order valence-electron chi connectivity index (χ3n) is 3.27. The smallest absolute Gasteiger partial charge is 0.122 e. The number of benzene rings is 1. The van der Waals surface area contributed by atoms with Crippen molar-refractivity contribution in [3.05, 3.63) is 29.3 Å². The average molecular weight is 251 g/mol. The minimum absolute atomic E-state index is 0.513. The van der Waals surface area contributed by atoms with E-state index < -0.39 is 0 Å². The number of hydrogen-bond donors (Lipinski definition) is 1. The highest BCUT2D eigenvalue weighted by molar-refractivity contribution is 7.99. The molecule has 2 rings (SSSR count). The highest BCUT2D eigenvalue weighted by atomic mass is 32.2. The molecule has 17 heavy (non-hydrogen) atoms. The zero-order valence-corrected chi connectivity index (χ0v) is 11.5. The van der Waals surface area contributed by atoms with Crippen LogP contribution in [0.1, 0.15) is 30.5 Å². The van der Waals surface area contributed by atoms with Crippen LogP contribution in [0.3, 0.4) is 0 Å². The van der Waals surface area contributed by atoms with E-state index in [-0.39, 0.29) is 0 Å². The molecule has 0 heterocycles. The highest BCUT2D eigenvalue weighted by Gasteiger charge is 2.23. The summed E-state index contributed by atoms with van der Waals surface area (Å²) in [5.74, 6) is 3.34. The predicted molar refractivity (Wildman–Crippen MR) is 75.1 cm³/mol. The molecule has 0 saturated carbocycles. The zero-order valence-electron chi connectivity index (χ0n) is 10.7. The van der Waals surface area contributed by atoms with Crippen LogP contribution in [0.5, 0.6) is 5.75 Å². The Hall–Kier alpha value is -0.670. The van der Waals surface area contributed by atoms with Crippen molar-refractivity contribution in [2.45, 2.75) is 25.8 Å². The van der Waals surface area contributed by atoms with Crippen LogP contribution in [-0.4, -0.2) is 25.2 Å². The lowest BCUT2D eigenvalue weighted by atomic mass is 10.1. The third-order valence-corrected chi connectivity index (χ3v) is 4.13. The molecule has 1 aliphatic rings. The van der Waals surface area contributed by atoms with Crippen LogP contribution in [0.15, 0.2) is 18.2 Å². The summed E-state index contributed by atoms with van der Waals surface area (Å²) in [5.41, 5.74) is 2.83. The Kier molecular flexibility index (Phi) is 4.75. The van der Waals surface area contributed by atoms with Crippen LogP contribution >= 0.6 is 11.8 Å². The van der Waals surface area contributed by atoms with Gasteiger partial charge in [-0.3, -0.25) is 0 Å². The molecule has 0 saturated heterocycles. The molecular formula is C14H21NOS. The molecule has 1 aromatic rings. The van der Waals surface area contributed by atoms with Gasteiger partial charge in [0.1, 0.15) is 5.75 Å². The van der Waals surface area contributed by atoms with Gasteiger partial charge >= 0.3 is 0 Å². The summed E-state index contributed by atoms with van der Waals surface area (Å²) in [6, 6.07) is 6.94. The molecule has 0 amide bonds. The van der Waals surface area contributed by atoms with Crippen molar-refractivity contribution in [2.24, 2.45) is 0 Å². The van der Waals surface area contributed by atoms with Crippen molar-refractivity contribution < 1.29 is 4.74 Å². The van der Waals surface area contributed by atoms with Gasteiger partial charge in [-0.15, -0.1) is 0 Å².